The van der Waals surface area contributed by atoms with Crippen LogP contribution in [0.5, 0.6) is 0 Å². The van der Waals surface area contributed by atoms with Crippen molar-refractivity contribution in [3.63, 3.8) is 0 Å². The van der Waals surface area contributed by atoms with Gasteiger partial charge in [-0.25, -0.2) is 4.39 Å². The first kappa shape index (κ1) is 9.66. The van der Waals surface area contributed by atoms with Crippen molar-refractivity contribution in [1.82, 2.24) is 0 Å². The van der Waals surface area contributed by atoms with Gasteiger partial charge in [-0.2, -0.15) is 0 Å². The van der Waals surface area contributed by atoms with Crippen molar-refractivity contribution in [1.29, 1.82) is 0 Å². The lowest BCUT2D eigenvalue weighted by atomic mass is 10.0. The maximum Gasteiger partial charge on any atom is 0.123 e. The lowest BCUT2D eigenvalue weighted by Gasteiger charge is -2.02. The summed E-state index contributed by atoms with van der Waals surface area (Å²) in [4.78, 5) is 0. The highest BCUT2D eigenvalue weighted by Gasteiger charge is 2.56. The molecule has 2 heteroatoms. The molecule has 1 fully saturated rings. The van der Waals surface area contributed by atoms with Crippen molar-refractivity contribution in [2.24, 2.45) is 17.1 Å². The van der Waals surface area contributed by atoms with Crippen molar-refractivity contribution in [3.8, 4) is 0 Å². The minimum absolute atomic E-state index is 0.170. The van der Waals surface area contributed by atoms with E-state index >= 15 is 0 Å². The molecule has 0 amide bonds. The van der Waals surface area contributed by atoms with Crippen molar-refractivity contribution in [2.75, 3.05) is 6.54 Å². The Balaban J connectivity index is 2.22. The standard InChI is InChI=1S/C12H16FN/c1-12(2)10(7-14)11(12)8-3-5-9(13)6-4-8/h3-6,10-11H,7,14H2,1-2H3. The highest BCUT2D eigenvalue weighted by molar-refractivity contribution is 5.31. The lowest BCUT2D eigenvalue weighted by molar-refractivity contribution is 0.558. The van der Waals surface area contributed by atoms with Gasteiger partial charge in [0.2, 0.25) is 0 Å². The van der Waals surface area contributed by atoms with E-state index in [2.05, 4.69) is 13.8 Å². The monoisotopic (exact) mass is 193 g/mol. The van der Waals surface area contributed by atoms with Crippen LogP contribution in [0.1, 0.15) is 25.3 Å². The zero-order chi connectivity index (χ0) is 10.3. The lowest BCUT2D eigenvalue weighted by Crippen LogP contribution is -2.05. The van der Waals surface area contributed by atoms with Gasteiger partial charge < -0.3 is 5.73 Å². The number of halogens is 1. The fourth-order valence-electron chi connectivity index (χ4n) is 2.52. The molecule has 0 saturated heterocycles. The third-order valence-corrected chi connectivity index (χ3v) is 3.53. The Kier molecular flexibility index (Phi) is 2.11. The van der Waals surface area contributed by atoms with Gasteiger partial charge in [-0.1, -0.05) is 26.0 Å². The van der Waals surface area contributed by atoms with Gasteiger partial charge in [-0.3, -0.25) is 0 Å². The van der Waals surface area contributed by atoms with E-state index in [1.54, 1.807) is 0 Å². The Hall–Kier alpha value is -0.890. The molecular formula is C12H16FN. The van der Waals surface area contributed by atoms with E-state index in [9.17, 15) is 4.39 Å². The molecule has 1 saturated carbocycles. The van der Waals surface area contributed by atoms with Crippen molar-refractivity contribution in [3.05, 3.63) is 35.6 Å². The number of benzene rings is 1. The Morgan fingerprint density at radius 3 is 2.29 bits per heavy atom. The summed E-state index contributed by atoms with van der Waals surface area (Å²) in [6.45, 7) is 5.16. The van der Waals surface area contributed by atoms with Crippen LogP contribution in [-0.4, -0.2) is 6.54 Å². The predicted octanol–water partition coefficient (Wildman–Crippen LogP) is 2.52. The quantitative estimate of drug-likeness (QED) is 0.767. The first-order valence-corrected chi connectivity index (χ1v) is 5.03. The summed E-state index contributed by atoms with van der Waals surface area (Å²) in [6, 6.07) is 6.80. The first-order valence-electron chi connectivity index (χ1n) is 5.03. The zero-order valence-electron chi connectivity index (χ0n) is 8.63. The molecule has 0 heterocycles. The summed E-state index contributed by atoms with van der Waals surface area (Å²) >= 11 is 0. The van der Waals surface area contributed by atoms with Crippen LogP contribution in [0, 0.1) is 17.2 Å². The van der Waals surface area contributed by atoms with Crippen molar-refractivity contribution >= 4 is 0 Å². The molecule has 1 aliphatic carbocycles. The predicted molar refractivity (Wildman–Crippen MR) is 55.5 cm³/mol. The Morgan fingerprint density at radius 2 is 1.86 bits per heavy atom. The van der Waals surface area contributed by atoms with Crippen LogP contribution < -0.4 is 5.73 Å². The van der Waals surface area contributed by atoms with Crippen molar-refractivity contribution < 1.29 is 4.39 Å². The molecule has 0 aromatic heterocycles. The third-order valence-electron chi connectivity index (χ3n) is 3.53. The van der Waals surface area contributed by atoms with Crippen LogP contribution in [-0.2, 0) is 0 Å². The molecule has 0 radical (unpaired) electrons. The topological polar surface area (TPSA) is 26.0 Å². The molecule has 14 heavy (non-hydrogen) atoms. The van der Waals surface area contributed by atoms with E-state index in [1.165, 1.54) is 17.7 Å². The van der Waals surface area contributed by atoms with Crippen LogP contribution >= 0.6 is 0 Å². The van der Waals surface area contributed by atoms with Crippen LogP contribution in [0.25, 0.3) is 0 Å². The Morgan fingerprint density at radius 1 is 1.29 bits per heavy atom. The van der Waals surface area contributed by atoms with E-state index in [4.69, 9.17) is 5.73 Å². The Bertz CT molecular complexity index is 329. The van der Waals surface area contributed by atoms with Gasteiger partial charge in [-0.05, 0) is 41.5 Å². The zero-order valence-corrected chi connectivity index (χ0v) is 8.63. The fourth-order valence-corrected chi connectivity index (χ4v) is 2.52. The van der Waals surface area contributed by atoms with E-state index in [-0.39, 0.29) is 11.2 Å². The number of hydrogen-bond acceptors (Lipinski definition) is 1. The molecule has 0 aliphatic heterocycles. The van der Waals surface area contributed by atoms with Gasteiger partial charge >= 0.3 is 0 Å². The summed E-state index contributed by atoms with van der Waals surface area (Å²) in [5.41, 5.74) is 7.19. The molecule has 76 valence electrons. The second-order valence-electron chi connectivity index (χ2n) is 4.69. The average molecular weight is 193 g/mol. The van der Waals surface area contributed by atoms with Gasteiger partial charge in [0.05, 0.1) is 0 Å². The molecule has 1 nitrogen and oxygen atoms in total. The second kappa shape index (κ2) is 3.06. The number of hydrogen-bond donors (Lipinski definition) is 1. The molecular weight excluding hydrogens is 177 g/mol. The minimum atomic E-state index is -0.170. The molecule has 1 aromatic rings. The summed E-state index contributed by atoms with van der Waals surface area (Å²) in [6.07, 6.45) is 0. The summed E-state index contributed by atoms with van der Waals surface area (Å²) in [7, 11) is 0. The highest BCUT2D eigenvalue weighted by Crippen LogP contribution is 2.63. The maximum atomic E-state index is 12.7. The highest BCUT2D eigenvalue weighted by atomic mass is 19.1. The number of nitrogens with two attached hydrogens (primary N) is 1. The Labute approximate surface area is 84.1 Å². The molecule has 2 atom stereocenters. The minimum Gasteiger partial charge on any atom is -0.330 e. The van der Waals surface area contributed by atoms with Crippen LogP contribution in [0.2, 0.25) is 0 Å². The van der Waals surface area contributed by atoms with Gasteiger partial charge in [0.25, 0.3) is 0 Å². The van der Waals surface area contributed by atoms with Gasteiger partial charge in [0.15, 0.2) is 0 Å². The van der Waals surface area contributed by atoms with E-state index < -0.39 is 0 Å². The van der Waals surface area contributed by atoms with E-state index in [0.717, 1.165) is 6.54 Å². The molecule has 0 bridgehead atoms. The normalized spacial score (nSPS) is 28.9. The smallest absolute Gasteiger partial charge is 0.123 e. The first-order chi connectivity index (χ1) is 6.57. The summed E-state index contributed by atoms with van der Waals surface area (Å²) in [5.74, 6) is 0.887. The summed E-state index contributed by atoms with van der Waals surface area (Å²) < 4.78 is 12.7. The second-order valence-corrected chi connectivity index (χ2v) is 4.69. The van der Waals surface area contributed by atoms with E-state index in [1.807, 2.05) is 12.1 Å². The average Bonchev–Trinajstić information content (AvgIpc) is 2.69. The van der Waals surface area contributed by atoms with Gasteiger partial charge in [-0.15, -0.1) is 0 Å². The van der Waals surface area contributed by atoms with E-state index in [0.29, 0.717) is 11.8 Å². The third kappa shape index (κ3) is 1.34. The van der Waals surface area contributed by atoms with Gasteiger partial charge in [0.1, 0.15) is 5.82 Å². The van der Waals surface area contributed by atoms with Crippen LogP contribution in [0.15, 0.2) is 24.3 Å². The molecule has 2 unspecified atom stereocenters. The SMILES string of the molecule is CC1(C)C(CN)C1c1ccc(F)cc1. The molecule has 2 rings (SSSR count). The maximum absolute atomic E-state index is 12.7. The van der Waals surface area contributed by atoms with Crippen LogP contribution in [0.3, 0.4) is 0 Å². The molecule has 1 aliphatic rings. The van der Waals surface area contributed by atoms with Gasteiger partial charge in [0, 0.05) is 0 Å². The molecule has 1 aromatic carbocycles. The summed E-state index contributed by atoms with van der Waals surface area (Å²) in [5, 5.41) is 0. The number of rotatable bonds is 2. The largest absolute Gasteiger partial charge is 0.330 e. The molecule has 2 N–H and O–H groups in total. The van der Waals surface area contributed by atoms with Crippen molar-refractivity contribution in [2.45, 2.75) is 19.8 Å². The van der Waals surface area contributed by atoms with Crippen LogP contribution in [0.4, 0.5) is 4.39 Å². The fraction of sp³-hybridized carbons (Fsp3) is 0.500. The molecule has 0 spiro atoms.